The highest BCUT2D eigenvalue weighted by molar-refractivity contribution is 7.19. The number of esters is 1. The maximum atomic E-state index is 11.2. The van der Waals surface area contributed by atoms with Gasteiger partial charge in [0.25, 0.3) is 0 Å². The Morgan fingerprint density at radius 3 is 2.88 bits per heavy atom. The Morgan fingerprint density at radius 1 is 1.44 bits per heavy atom. The predicted molar refractivity (Wildman–Crippen MR) is 63.5 cm³/mol. The first-order valence-corrected chi connectivity index (χ1v) is 5.69. The van der Waals surface area contributed by atoms with Crippen LogP contribution in [-0.2, 0) is 9.53 Å². The van der Waals surface area contributed by atoms with Gasteiger partial charge in [0, 0.05) is 9.58 Å². The molecule has 0 aliphatic heterocycles. The third kappa shape index (κ3) is 1.94. The number of aliphatic hydroxyl groups is 1. The van der Waals surface area contributed by atoms with Gasteiger partial charge >= 0.3 is 5.97 Å². The van der Waals surface area contributed by atoms with Crippen LogP contribution in [0.5, 0.6) is 0 Å². The van der Waals surface area contributed by atoms with Gasteiger partial charge in [0.2, 0.25) is 0 Å². The summed E-state index contributed by atoms with van der Waals surface area (Å²) in [5.74, 6) is -0.622. The van der Waals surface area contributed by atoms with Gasteiger partial charge in [0.05, 0.1) is 7.11 Å². The van der Waals surface area contributed by atoms with Crippen molar-refractivity contribution in [2.45, 2.75) is 13.0 Å². The molecule has 0 bridgehead atoms. The number of aryl methyl sites for hydroxylation is 1. The van der Waals surface area contributed by atoms with Gasteiger partial charge in [-0.15, -0.1) is 11.3 Å². The number of hydrogen-bond acceptors (Lipinski definition) is 4. The smallest absolute Gasteiger partial charge is 0.340 e. The van der Waals surface area contributed by atoms with Crippen LogP contribution in [0, 0.1) is 6.92 Å². The first-order valence-electron chi connectivity index (χ1n) is 4.88. The van der Waals surface area contributed by atoms with E-state index >= 15 is 0 Å². The lowest BCUT2D eigenvalue weighted by Crippen LogP contribution is -2.11. The molecule has 2 rings (SSSR count). The van der Waals surface area contributed by atoms with Gasteiger partial charge in [-0.1, -0.05) is 12.1 Å². The number of benzene rings is 1. The minimum absolute atomic E-state index is 0.618. The van der Waals surface area contributed by atoms with E-state index in [2.05, 4.69) is 4.74 Å². The van der Waals surface area contributed by atoms with Crippen LogP contribution in [-0.4, -0.2) is 18.2 Å². The number of methoxy groups -OCH3 is 1. The Kier molecular flexibility index (Phi) is 2.94. The number of aliphatic hydroxyl groups excluding tert-OH is 1. The highest BCUT2D eigenvalue weighted by atomic mass is 32.1. The van der Waals surface area contributed by atoms with E-state index in [0.717, 1.165) is 15.6 Å². The molecule has 0 aliphatic carbocycles. The molecular weight excluding hydrogens is 224 g/mol. The normalized spacial score (nSPS) is 12.7. The van der Waals surface area contributed by atoms with Crippen LogP contribution in [0.1, 0.15) is 16.5 Å². The maximum Gasteiger partial charge on any atom is 0.340 e. The van der Waals surface area contributed by atoms with Crippen molar-refractivity contribution in [1.82, 2.24) is 0 Å². The Bertz CT molecular complexity index is 530. The molecule has 1 atom stereocenters. The van der Waals surface area contributed by atoms with Crippen molar-refractivity contribution in [3.05, 3.63) is 34.7 Å². The molecule has 1 aromatic heterocycles. The third-order valence-electron chi connectivity index (χ3n) is 2.39. The van der Waals surface area contributed by atoms with Gasteiger partial charge in [-0.2, -0.15) is 0 Å². The highest BCUT2D eigenvalue weighted by Crippen LogP contribution is 2.30. The zero-order valence-electron chi connectivity index (χ0n) is 9.06. The van der Waals surface area contributed by atoms with Crippen molar-refractivity contribution in [2.75, 3.05) is 7.11 Å². The molecule has 1 aromatic carbocycles. The topological polar surface area (TPSA) is 46.5 Å². The molecule has 1 heterocycles. The fourth-order valence-electron chi connectivity index (χ4n) is 1.52. The van der Waals surface area contributed by atoms with Crippen LogP contribution in [0.15, 0.2) is 24.3 Å². The van der Waals surface area contributed by atoms with Crippen molar-refractivity contribution in [3.8, 4) is 0 Å². The summed E-state index contributed by atoms with van der Waals surface area (Å²) in [6.45, 7) is 2.01. The molecule has 0 radical (unpaired) electrons. The Hall–Kier alpha value is -1.39. The summed E-state index contributed by atoms with van der Waals surface area (Å²) < 4.78 is 5.57. The van der Waals surface area contributed by atoms with Crippen LogP contribution >= 0.6 is 11.3 Å². The fraction of sp³-hybridized carbons (Fsp3) is 0.250. The fourth-order valence-corrected chi connectivity index (χ4v) is 2.66. The van der Waals surface area contributed by atoms with Gasteiger partial charge in [-0.3, -0.25) is 0 Å². The Labute approximate surface area is 97.3 Å². The minimum Gasteiger partial charge on any atom is -0.467 e. The average molecular weight is 236 g/mol. The first-order chi connectivity index (χ1) is 7.61. The third-order valence-corrected chi connectivity index (χ3v) is 3.54. The van der Waals surface area contributed by atoms with E-state index in [4.69, 9.17) is 0 Å². The standard InChI is InChI=1S/C12H12O3S/c1-7-3-4-8-6-10(16-9(8)5-7)11(13)12(14)15-2/h3-6,11,13H,1-2H3. The number of rotatable bonds is 2. The maximum absolute atomic E-state index is 11.2. The number of carbonyl (C=O) groups excluding carboxylic acids is 1. The molecule has 0 aliphatic rings. The molecule has 3 nitrogen and oxygen atoms in total. The lowest BCUT2D eigenvalue weighted by Gasteiger charge is -2.04. The van der Waals surface area contributed by atoms with Crippen LogP contribution < -0.4 is 0 Å². The first kappa shape index (κ1) is 11.1. The average Bonchev–Trinajstić information content (AvgIpc) is 2.69. The minimum atomic E-state index is -1.18. The number of thiophene rings is 1. The van der Waals surface area contributed by atoms with E-state index in [-0.39, 0.29) is 0 Å². The van der Waals surface area contributed by atoms with Gasteiger partial charge < -0.3 is 9.84 Å². The summed E-state index contributed by atoms with van der Waals surface area (Å²) in [6.07, 6.45) is -1.18. The number of carbonyl (C=O) groups is 1. The molecule has 84 valence electrons. The zero-order valence-corrected chi connectivity index (χ0v) is 9.88. The van der Waals surface area contributed by atoms with Gasteiger partial charge in [-0.05, 0) is 30.0 Å². The molecule has 2 aromatic rings. The molecular formula is C12H12O3S. The monoisotopic (exact) mass is 236 g/mol. The summed E-state index contributed by atoms with van der Waals surface area (Å²) in [6, 6.07) is 7.84. The zero-order chi connectivity index (χ0) is 11.7. The van der Waals surface area contributed by atoms with E-state index in [0.29, 0.717) is 4.88 Å². The largest absolute Gasteiger partial charge is 0.467 e. The van der Waals surface area contributed by atoms with Gasteiger partial charge in [0.15, 0.2) is 6.10 Å². The summed E-state index contributed by atoms with van der Waals surface area (Å²) >= 11 is 1.41. The van der Waals surface area contributed by atoms with Crippen molar-refractivity contribution in [2.24, 2.45) is 0 Å². The molecule has 16 heavy (non-hydrogen) atoms. The van der Waals surface area contributed by atoms with E-state index in [1.54, 1.807) is 0 Å². The van der Waals surface area contributed by atoms with Crippen molar-refractivity contribution in [1.29, 1.82) is 0 Å². The number of hydrogen-bond donors (Lipinski definition) is 1. The predicted octanol–water partition coefficient (Wildman–Crippen LogP) is 2.42. The lowest BCUT2D eigenvalue weighted by molar-refractivity contribution is -0.150. The molecule has 0 saturated heterocycles. The Morgan fingerprint density at radius 2 is 2.19 bits per heavy atom. The van der Waals surface area contributed by atoms with Gasteiger partial charge in [0.1, 0.15) is 0 Å². The van der Waals surface area contributed by atoms with Crippen molar-refractivity contribution in [3.63, 3.8) is 0 Å². The van der Waals surface area contributed by atoms with Crippen LogP contribution in [0.2, 0.25) is 0 Å². The van der Waals surface area contributed by atoms with E-state index in [1.165, 1.54) is 18.4 Å². The molecule has 0 fully saturated rings. The van der Waals surface area contributed by atoms with Gasteiger partial charge in [-0.25, -0.2) is 4.79 Å². The van der Waals surface area contributed by atoms with Crippen molar-refractivity contribution < 1.29 is 14.6 Å². The molecule has 4 heteroatoms. The SMILES string of the molecule is COC(=O)C(O)c1cc2ccc(C)cc2s1. The van der Waals surface area contributed by atoms with E-state index < -0.39 is 12.1 Å². The molecule has 1 N–H and O–H groups in total. The molecule has 0 saturated carbocycles. The Balaban J connectivity index is 2.43. The summed E-state index contributed by atoms with van der Waals surface area (Å²) in [5.41, 5.74) is 1.16. The summed E-state index contributed by atoms with van der Waals surface area (Å²) in [4.78, 5) is 11.8. The highest BCUT2D eigenvalue weighted by Gasteiger charge is 2.20. The van der Waals surface area contributed by atoms with E-state index in [1.807, 2.05) is 31.2 Å². The van der Waals surface area contributed by atoms with Crippen LogP contribution in [0.4, 0.5) is 0 Å². The quantitative estimate of drug-likeness (QED) is 0.814. The number of fused-ring (bicyclic) bond motifs is 1. The van der Waals surface area contributed by atoms with Crippen LogP contribution in [0.25, 0.3) is 10.1 Å². The lowest BCUT2D eigenvalue weighted by atomic mass is 10.2. The second-order valence-corrected chi connectivity index (χ2v) is 4.73. The van der Waals surface area contributed by atoms with Crippen molar-refractivity contribution >= 4 is 27.4 Å². The number of ether oxygens (including phenoxy) is 1. The second kappa shape index (κ2) is 4.23. The second-order valence-electron chi connectivity index (χ2n) is 3.62. The summed E-state index contributed by atoms with van der Waals surface area (Å²) in [7, 11) is 1.27. The van der Waals surface area contributed by atoms with Crippen LogP contribution in [0.3, 0.4) is 0 Å². The van der Waals surface area contributed by atoms with E-state index in [9.17, 15) is 9.90 Å². The molecule has 0 spiro atoms. The summed E-state index contributed by atoms with van der Waals surface area (Å²) in [5, 5.41) is 10.7. The molecule has 0 amide bonds. The molecule has 1 unspecified atom stereocenters.